The van der Waals surface area contributed by atoms with Crippen molar-refractivity contribution >= 4 is 5.78 Å². The van der Waals surface area contributed by atoms with E-state index in [0.29, 0.717) is 30.8 Å². The summed E-state index contributed by atoms with van der Waals surface area (Å²) in [6.45, 7) is 9.73. The van der Waals surface area contributed by atoms with Gasteiger partial charge in [0.05, 0.1) is 6.61 Å². The van der Waals surface area contributed by atoms with Crippen LogP contribution in [0, 0.1) is 30.1 Å². The number of ether oxygens (including phenoxy) is 1. The molecule has 17 heavy (non-hydrogen) atoms. The molecule has 3 unspecified atom stereocenters. The van der Waals surface area contributed by atoms with Crippen LogP contribution < -0.4 is 0 Å². The number of hydrogen-bond donors (Lipinski definition) is 0. The van der Waals surface area contributed by atoms with Gasteiger partial charge in [0.1, 0.15) is 6.61 Å². The Balaban J connectivity index is 2.19. The molecule has 1 aliphatic carbocycles. The van der Waals surface area contributed by atoms with Gasteiger partial charge >= 0.3 is 0 Å². The van der Waals surface area contributed by atoms with E-state index in [0.717, 1.165) is 12.5 Å². The summed E-state index contributed by atoms with van der Waals surface area (Å²) >= 11 is 0. The fourth-order valence-electron chi connectivity index (χ4n) is 2.53. The minimum atomic E-state index is 0.237. The fourth-order valence-corrected chi connectivity index (χ4v) is 2.53. The first kappa shape index (κ1) is 14.7. The van der Waals surface area contributed by atoms with E-state index in [9.17, 15) is 4.79 Å². The fraction of sp³-hybridized carbons (Fsp3) is 0.867. The Hall–Kier alpha value is -0.370. The second-order valence-corrected chi connectivity index (χ2v) is 6.08. The smallest absolute Gasteiger partial charge is 0.158 e. The number of Topliss-reactive ketones (excluding diaryl/α,β-unsaturated/α-hetero) is 1. The zero-order chi connectivity index (χ0) is 12.8. The molecule has 0 aromatic rings. The predicted molar refractivity (Wildman–Crippen MR) is 70.6 cm³/mol. The molecule has 99 valence electrons. The lowest BCUT2D eigenvalue weighted by Gasteiger charge is -2.32. The topological polar surface area (TPSA) is 26.3 Å². The molecule has 1 rings (SSSR count). The first-order valence-electron chi connectivity index (χ1n) is 6.91. The van der Waals surface area contributed by atoms with Crippen LogP contribution in [0.2, 0.25) is 0 Å². The zero-order valence-corrected chi connectivity index (χ0v) is 11.7. The first-order valence-corrected chi connectivity index (χ1v) is 6.91. The summed E-state index contributed by atoms with van der Waals surface area (Å²) in [5.41, 5.74) is 0. The Morgan fingerprint density at radius 1 is 1.41 bits per heavy atom. The summed E-state index contributed by atoms with van der Waals surface area (Å²) in [6, 6.07) is 0. The highest BCUT2D eigenvalue weighted by molar-refractivity contribution is 5.79. The van der Waals surface area contributed by atoms with Crippen LogP contribution in [0.3, 0.4) is 0 Å². The Kier molecular flexibility index (Phi) is 6.18. The van der Waals surface area contributed by atoms with E-state index in [2.05, 4.69) is 34.1 Å². The van der Waals surface area contributed by atoms with E-state index < -0.39 is 0 Å². The van der Waals surface area contributed by atoms with Crippen LogP contribution in [0.15, 0.2) is 0 Å². The van der Waals surface area contributed by atoms with Crippen molar-refractivity contribution in [3.05, 3.63) is 6.42 Å². The second kappa shape index (κ2) is 7.15. The molecular weight excluding hydrogens is 212 g/mol. The molecule has 2 heteroatoms. The van der Waals surface area contributed by atoms with E-state index in [1.54, 1.807) is 0 Å². The number of rotatable bonds is 6. The van der Waals surface area contributed by atoms with Crippen molar-refractivity contribution in [1.29, 1.82) is 0 Å². The molecule has 0 aromatic carbocycles. The Labute approximate surface area is 106 Å². The molecule has 1 saturated carbocycles. The molecule has 0 aromatic heterocycles. The number of hydrogen-bond acceptors (Lipinski definition) is 2. The van der Waals surface area contributed by atoms with Gasteiger partial charge in [-0.15, -0.1) is 0 Å². The Bertz CT molecular complexity index is 235. The van der Waals surface area contributed by atoms with Gasteiger partial charge in [-0.05, 0) is 42.9 Å². The van der Waals surface area contributed by atoms with Crippen molar-refractivity contribution in [2.24, 2.45) is 23.7 Å². The molecule has 0 amide bonds. The Morgan fingerprint density at radius 3 is 2.76 bits per heavy atom. The maximum absolute atomic E-state index is 11.5. The molecule has 0 bridgehead atoms. The van der Waals surface area contributed by atoms with Crippen molar-refractivity contribution in [2.45, 2.75) is 47.0 Å². The van der Waals surface area contributed by atoms with Crippen molar-refractivity contribution in [1.82, 2.24) is 0 Å². The molecule has 1 fully saturated rings. The van der Waals surface area contributed by atoms with E-state index in [1.165, 1.54) is 12.8 Å². The van der Waals surface area contributed by atoms with E-state index in [1.807, 2.05) is 0 Å². The zero-order valence-electron chi connectivity index (χ0n) is 11.7. The molecule has 3 atom stereocenters. The van der Waals surface area contributed by atoms with Crippen LogP contribution in [0.4, 0.5) is 0 Å². The standard InChI is InChI=1S/C15H27O2/c1-11(2)7-15(16)10-17-9-14-8-12(3)5-6-13(14)4/h6,11-14H,5,7-10H2,1-4H3. The molecule has 0 saturated heterocycles. The molecule has 0 N–H and O–H groups in total. The van der Waals surface area contributed by atoms with Crippen molar-refractivity contribution in [2.75, 3.05) is 13.2 Å². The highest BCUT2D eigenvalue weighted by Gasteiger charge is 2.25. The van der Waals surface area contributed by atoms with Gasteiger partial charge < -0.3 is 4.74 Å². The second-order valence-electron chi connectivity index (χ2n) is 6.08. The quantitative estimate of drug-likeness (QED) is 0.709. The SMILES string of the molecule is CC(C)CC(=O)COCC1CC(C)C[CH]C1C. The number of carbonyl (C=O) groups excluding carboxylic acids is 1. The molecule has 0 aliphatic heterocycles. The van der Waals surface area contributed by atoms with Gasteiger partial charge in [0.2, 0.25) is 0 Å². The lowest BCUT2D eigenvalue weighted by molar-refractivity contribution is -0.125. The number of carbonyl (C=O) groups is 1. The summed E-state index contributed by atoms with van der Waals surface area (Å²) in [4.78, 5) is 11.5. The molecule has 0 spiro atoms. The third-order valence-corrected chi connectivity index (χ3v) is 3.59. The van der Waals surface area contributed by atoms with Gasteiger partial charge in [-0.1, -0.05) is 27.7 Å². The minimum Gasteiger partial charge on any atom is -0.373 e. The molecular formula is C15H27O2. The largest absolute Gasteiger partial charge is 0.373 e. The van der Waals surface area contributed by atoms with Crippen LogP contribution in [-0.4, -0.2) is 19.0 Å². The summed E-state index contributed by atoms with van der Waals surface area (Å²) in [5.74, 6) is 2.68. The first-order chi connectivity index (χ1) is 7.99. The van der Waals surface area contributed by atoms with Gasteiger partial charge in [-0.2, -0.15) is 0 Å². The van der Waals surface area contributed by atoms with Crippen LogP contribution in [0.5, 0.6) is 0 Å². The van der Waals surface area contributed by atoms with E-state index in [-0.39, 0.29) is 5.78 Å². The van der Waals surface area contributed by atoms with Crippen molar-refractivity contribution in [3.63, 3.8) is 0 Å². The average molecular weight is 239 g/mol. The monoisotopic (exact) mass is 239 g/mol. The predicted octanol–water partition coefficient (Wildman–Crippen LogP) is 3.50. The summed E-state index contributed by atoms with van der Waals surface area (Å²) in [5, 5.41) is 0. The summed E-state index contributed by atoms with van der Waals surface area (Å²) in [7, 11) is 0. The van der Waals surface area contributed by atoms with E-state index >= 15 is 0 Å². The minimum absolute atomic E-state index is 0.237. The third-order valence-electron chi connectivity index (χ3n) is 3.59. The van der Waals surface area contributed by atoms with Crippen LogP contribution in [-0.2, 0) is 9.53 Å². The third kappa shape index (κ3) is 5.67. The number of ketones is 1. The highest BCUT2D eigenvalue weighted by atomic mass is 16.5. The van der Waals surface area contributed by atoms with Crippen LogP contribution in [0.25, 0.3) is 0 Å². The molecule has 2 nitrogen and oxygen atoms in total. The lowest BCUT2D eigenvalue weighted by Crippen LogP contribution is -2.27. The van der Waals surface area contributed by atoms with E-state index in [4.69, 9.17) is 4.74 Å². The van der Waals surface area contributed by atoms with Crippen molar-refractivity contribution < 1.29 is 9.53 Å². The lowest BCUT2D eigenvalue weighted by atomic mass is 9.76. The van der Waals surface area contributed by atoms with Gasteiger partial charge in [0.15, 0.2) is 5.78 Å². The molecule has 1 radical (unpaired) electrons. The van der Waals surface area contributed by atoms with Crippen LogP contribution in [0.1, 0.15) is 47.0 Å². The Morgan fingerprint density at radius 2 is 2.12 bits per heavy atom. The average Bonchev–Trinajstić information content (AvgIpc) is 2.22. The van der Waals surface area contributed by atoms with Crippen LogP contribution >= 0.6 is 0 Å². The van der Waals surface area contributed by atoms with Crippen molar-refractivity contribution in [3.8, 4) is 0 Å². The maximum Gasteiger partial charge on any atom is 0.158 e. The van der Waals surface area contributed by atoms with Gasteiger partial charge in [0.25, 0.3) is 0 Å². The van der Waals surface area contributed by atoms with Gasteiger partial charge in [-0.3, -0.25) is 4.79 Å². The van der Waals surface area contributed by atoms with Gasteiger partial charge in [0, 0.05) is 6.42 Å². The molecule has 0 heterocycles. The van der Waals surface area contributed by atoms with Gasteiger partial charge in [-0.25, -0.2) is 0 Å². The highest BCUT2D eigenvalue weighted by Crippen LogP contribution is 2.32. The molecule has 1 aliphatic rings. The normalized spacial score (nSPS) is 29.6. The maximum atomic E-state index is 11.5. The summed E-state index contributed by atoms with van der Waals surface area (Å²) < 4.78 is 5.58. The summed E-state index contributed by atoms with van der Waals surface area (Å²) in [6.07, 6.45) is 5.50.